The maximum Gasteiger partial charge on any atom is 0.341 e. The minimum absolute atomic E-state index is 0.0884. The van der Waals surface area contributed by atoms with Gasteiger partial charge in [0.15, 0.2) is 0 Å². The summed E-state index contributed by atoms with van der Waals surface area (Å²) in [4.78, 5) is 25.5. The first-order valence-electron chi connectivity index (χ1n) is 9.00. The predicted molar refractivity (Wildman–Crippen MR) is 117 cm³/mol. The molecule has 0 aliphatic carbocycles. The van der Waals surface area contributed by atoms with Crippen LogP contribution >= 0.6 is 11.3 Å². The lowest BCUT2D eigenvalue weighted by Gasteiger charge is -2.09. The number of methoxy groups -OCH3 is 1. The predicted octanol–water partition coefficient (Wildman–Crippen LogP) is 4.34. The van der Waals surface area contributed by atoms with E-state index in [9.17, 15) is 22.4 Å². The number of ether oxygens (including phenoxy) is 1. The standard InChI is InChI=1S/C21H19FN2O5S2/c1-12-13(2)30-20(18(12)21(26)29-3)23-19(25)14-4-8-16(9-5-14)24-31(27,28)17-10-6-15(22)7-11-17/h4-11,24H,1-3H3,(H,23,25). The van der Waals surface area contributed by atoms with Crippen molar-refractivity contribution in [1.82, 2.24) is 0 Å². The molecule has 0 atom stereocenters. The molecule has 0 unspecified atom stereocenters. The zero-order valence-corrected chi connectivity index (χ0v) is 18.5. The second-order valence-electron chi connectivity index (χ2n) is 6.57. The molecule has 3 aromatic rings. The van der Waals surface area contributed by atoms with Crippen LogP contribution in [-0.2, 0) is 14.8 Å². The molecular formula is C21H19FN2O5S2. The Balaban J connectivity index is 1.76. The lowest BCUT2D eigenvalue weighted by molar-refractivity contribution is 0.0601. The van der Waals surface area contributed by atoms with Crippen molar-refractivity contribution in [3.8, 4) is 0 Å². The summed E-state index contributed by atoms with van der Waals surface area (Å²) >= 11 is 1.27. The quantitative estimate of drug-likeness (QED) is 0.531. The number of halogens is 1. The summed E-state index contributed by atoms with van der Waals surface area (Å²) in [6.07, 6.45) is 0. The van der Waals surface area contributed by atoms with Crippen LogP contribution in [0, 0.1) is 19.7 Å². The third-order valence-electron chi connectivity index (χ3n) is 4.53. The van der Waals surface area contributed by atoms with Crippen molar-refractivity contribution >= 4 is 43.9 Å². The fourth-order valence-corrected chi connectivity index (χ4v) is 4.86. The van der Waals surface area contributed by atoms with Crippen molar-refractivity contribution in [2.24, 2.45) is 0 Å². The molecule has 1 heterocycles. The SMILES string of the molecule is COC(=O)c1c(NC(=O)c2ccc(NS(=O)(=O)c3ccc(F)cc3)cc2)sc(C)c1C. The van der Waals surface area contributed by atoms with Gasteiger partial charge in [-0.2, -0.15) is 0 Å². The fraction of sp³-hybridized carbons (Fsp3) is 0.143. The summed E-state index contributed by atoms with van der Waals surface area (Å²) < 4.78 is 44.9. The van der Waals surface area contributed by atoms with E-state index in [4.69, 9.17) is 4.74 Å². The smallest absolute Gasteiger partial charge is 0.341 e. The molecule has 1 amide bonds. The van der Waals surface area contributed by atoms with Crippen LogP contribution in [0.1, 0.15) is 31.2 Å². The number of hydrogen-bond acceptors (Lipinski definition) is 6. The Morgan fingerprint density at radius 2 is 1.61 bits per heavy atom. The molecular weight excluding hydrogens is 443 g/mol. The lowest BCUT2D eigenvalue weighted by Crippen LogP contribution is -2.15. The first-order chi connectivity index (χ1) is 14.6. The van der Waals surface area contributed by atoms with Gasteiger partial charge in [0.1, 0.15) is 10.8 Å². The highest BCUT2D eigenvalue weighted by atomic mass is 32.2. The van der Waals surface area contributed by atoms with Crippen molar-refractivity contribution in [3.05, 3.63) is 75.9 Å². The van der Waals surface area contributed by atoms with Crippen molar-refractivity contribution in [2.45, 2.75) is 18.7 Å². The number of rotatable bonds is 6. The average molecular weight is 463 g/mol. The topological polar surface area (TPSA) is 102 Å². The number of amides is 1. The van der Waals surface area contributed by atoms with Gasteiger partial charge in [-0.1, -0.05) is 0 Å². The van der Waals surface area contributed by atoms with E-state index in [0.29, 0.717) is 10.6 Å². The highest BCUT2D eigenvalue weighted by Gasteiger charge is 2.22. The molecule has 7 nitrogen and oxygen atoms in total. The van der Waals surface area contributed by atoms with Crippen molar-refractivity contribution in [1.29, 1.82) is 0 Å². The van der Waals surface area contributed by atoms with E-state index in [1.165, 1.54) is 42.7 Å². The first kappa shape index (κ1) is 22.4. The van der Waals surface area contributed by atoms with Crippen LogP contribution in [-0.4, -0.2) is 27.4 Å². The molecule has 2 N–H and O–H groups in total. The zero-order chi connectivity index (χ0) is 22.8. The maximum absolute atomic E-state index is 13.0. The van der Waals surface area contributed by atoms with Gasteiger partial charge in [-0.25, -0.2) is 17.6 Å². The number of sulfonamides is 1. The molecule has 0 spiro atoms. The maximum atomic E-state index is 13.0. The summed E-state index contributed by atoms with van der Waals surface area (Å²) in [5, 5.41) is 3.09. The van der Waals surface area contributed by atoms with Gasteiger partial charge < -0.3 is 10.1 Å². The van der Waals surface area contributed by atoms with Crippen LogP contribution in [0.5, 0.6) is 0 Å². The van der Waals surface area contributed by atoms with Crippen molar-refractivity contribution in [2.75, 3.05) is 17.1 Å². The number of anilines is 2. The summed E-state index contributed by atoms with van der Waals surface area (Å²) in [6, 6.07) is 10.2. The van der Waals surface area contributed by atoms with E-state index >= 15 is 0 Å². The number of carbonyl (C=O) groups excluding carboxylic acids is 2. The Bertz CT molecular complexity index is 1230. The van der Waals surface area contributed by atoms with Gasteiger partial charge in [0, 0.05) is 16.1 Å². The van der Waals surface area contributed by atoms with E-state index in [0.717, 1.165) is 34.7 Å². The van der Waals surface area contributed by atoms with Crippen LogP contribution in [0.2, 0.25) is 0 Å². The third-order valence-corrected chi connectivity index (χ3v) is 7.05. The molecule has 0 saturated heterocycles. The Labute approximate surface area is 182 Å². The second-order valence-corrected chi connectivity index (χ2v) is 9.48. The van der Waals surface area contributed by atoms with E-state index < -0.39 is 27.7 Å². The number of thiophene rings is 1. The highest BCUT2D eigenvalue weighted by molar-refractivity contribution is 7.92. The number of benzene rings is 2. The molecule has 0 saturated carbocycles. The molecule has 2 aromatic carbocycles. The van der Waals surface area contributed by atoms with Gasteiger partial charge in [-0.15, -0.1) is 11.3 Å². The minimum Gasteiger partial charge on any atom is -0.465 e. The molecule has 0 bridgehead atoms. The van der Waals surface area contributed by atoms with E-state index in [1.54, 1.807) is 6.92 Å². The van der Waals surface area contributed by atoms with E-state index in [1.807, 2.05) is 6.92 Å². The largest absolute Gasteiger partial charge is 0.465 e. The van der Waals surface area contributed by atoms with Gasteiger partial charge in [0.2, 0.25) is 0 Å². The van der Waals surface area contributed by atoms with E-state index in [-0.39, 0.29) is 16.1 Å². The molecule has 31 heavy (non-hydrogen) atoms. The molecule has 0 aliphatic heterocycles. The highest BCUT2D eigenvalue weighted by Crippen LogP contribution is 2.33. The molecule has 0 radical (unpaired) electrons. The first-order valence-corrected chi connectivity index (χ1v) is 11.3. The van der Waals surface area contributed by atoms with Gasteiger partial charge in [0.25, 0.3) is 15.9 Å². The molecule has 162 valence electrons. The normalized spacial score (nSPS) is 11.1. The summed E-state index contributed by atoms with van der Waals surface area (Å²) in [5.41, 5.74) is 1.54. The summed E-state index contributed by atoms with van der Waals surface area (Å²) in [5.74, 6) is -1.54. The van der Waals surface area contributed by atoms with Crippen LogP contribution in [0.25, 0.3) is 0 Å². The van der Waals surface area contributed by atoms with Gasteiger partial charge >= 0.3 is 5.97 Å². The zero-order valence-electron chi connectivity index (χ0n) is 16.9. The Morgan fingerprint density at radius 3 is 2.19 bits per heavy atom. The number of hydrogen-bond donors (Lipinski definition) is 2. The average Bonchev–Trinajstić information content (AvgIpc) is 3.01. The van der Waals surface area contributed by atoms with Gasteiger partial charge in [-0.05, 0) is 67.9 Å². The van der Waals surface area contributed by atoms with E-state index in [2.05, 4.69) is 10.0 Å². The Kier molecular flexibility index (Phi) is 6.42. The van der Waals surface area contributed by atoms with Crippen LogP contribution in [0.3, 0.4) is 0 Å². The number of aryl methyl sites for hydroxylation is 1. The van der Waals surface area contributed by atoms with Crippen molar-refractivity contribution in [3.63, 3.8) is 0 Å². The minimum atomic E-state index is -3.90. The number of nitrogens with one attached hydrogen (secondary N) is 2. The number of carbonyl (C=O) groups is 2. The van der Waals surface area contributed by atoms with Crippen LogP contribution < -0.4 is 10.0 Å². The Hall–Kier alpha value is -3.24. The number of esters is 1. The summed E-state index contributed by atoms with van der Waals surface area (Å²) in [6.45, 7) is 3.61. The second kappa shape index (κ2) is 8.86. The fourth-order valence-electron chi connectivity index (χ4n) is 2.76. The van der Waals surface area contributed by atoms with Gasteiger partial charge in [-0.3, -0.25) is 9.52 Å². The molecule has 0 aliphatic rings. The van der Waals surface area contributed by atoms with Crippen LogP contribution in [0.4, 0.5) is 15.1 Å². The van der Waals surface area contributed by atoms with Crippen LogP contribution in [0.15, 0.2) is 53.4 Å². The molecule has 3 rings (SSSR count). The summed E-state index contributed by atoms with van der Waals surface area (Å²) in [7, 11) is -2.63. The molecule has 0 fully saturated rings. The monoisotopic (exact) mass is 462 g/mol. The van der Waals surface area contributed by atoms with Crippen molar-refractivity contribution < 1.29 is 27.1 Å². The third kappa shape index (κ3) is 4.92. The van der Waals surface area contributed by atoms with Gasteiger partial charge in [0.05, 0.1) is 17.6 Å². The molecule has 10 heteroatoms. The Morgan fingerprint density at radius 1 is 1.00 bits per heavy atom. The molecule has 1 aromatic heterocycles. The lowest BCUT2D eigenvalue weighted by atomic mass is 10.1.